The molecule has 3 aromatic heterocycles. The Morgan fingerprint density at radius 2 is 1.75 bits per heavy atom. The van der Waals surface area contributed by atoms with Gasteiger partial charge in [-0.2, -0.15) is 8.42 Å². The number of esters is 1. The smallest absolute Gasteiger partial charge is 0.413 e. The number of β-lactam (4-membered cyclic amide) rings is 1. The van der Waals surface area contributed by atoms with Gasteiger partial charge >= 0.3 is 22.4 Å². The average molecular weight is 765 g/mol. The Hall–Kier alpha value is -5.02. The fourth-order valence-electron chi connectivity index (χ4n) is 4.72. The van der Waals surface area contributed by atoms with Crippen LogP contribution in [0.2, 0.25) is 0 Å². The summed E-state index contributed by atoms with van der Waals surface area (Å²) in [6.07, 6.45) is 4.40. The van der Waals surface area contributed by atoms with Crippen molar-refractivity contribution in [2.24, 2.45) is 12.2 Å². The number of pyridine rings is 1. The third-order valence-corrected chi connectivity index (χ3v) is 8.72. The molecule has 21 heteroatoms. The second-order valence-corrected chi connectivity index (χ2v) is 16.5. The van der Waals surface area contributed by atoms with Gasteiger partial charge < -0.3 is 19.6 Å². The number of nitrogens with zero attached hydrogens (tertiary/aromatic N) is 7. The molecule has 0 bridgehead atoms. The van der Waals surface area contributed by atoms with Crippen LogP contribution in [0.4, 0.5) is 9.93 Å². The molecule has 0 aliphatic carbocycles. The number of ether oxygens (including phenoxy) is 2. The fourth-order valence-corrected chi connectivity index (χ4v) is 6.27. The molecule has 0 radical (unpaired) electrons. The molecule has 4 rings (SSSR count). The van der Waals surface area contributed by atoms with E-state index < -0.39 is 68.8 Å². The lowest BCUT2D eigenvalue weighted by Crippen LogP contribution is -2.73. The van der Waals surface area contributed by atoms with E-state index in [1.807, 2.05) is 37.0 Å². The van der Waals surface area contributed by atoms with Crippen LogP contribution in [0.25, 0.3) is 11.3 Å². The van der Waals surface area contributed by atoms with Crippen molar-refractivity contribution in [2.75, 3.05) is 5.32 Å². The first kappa shape index (κ1) is 39.8. The molecule has 3 amide bonds. The van der Waals surface area contributed by atoms with Crippen molar-refractivity contribution < 1.29 is 51.0 Å². The fraction of sp³-hybridized carbons (Fsp3) is 0.516. The number of carbonyl (C=O) groups is 4. The van der Waals surface area contributed by atoms with Crippen molar-refractivity contribution in [3.8, 4) is 11.3 Å². The number of aryl methyl sites for hydroxylation is 2. The number of oxime groups is 1. The van der Waals surface area contributed by atoms with E-state index >= 15 is 0 Å². The zero-order valence-corrected chi connectivity index (χ0v) is 31.9. The van der Waals surface area contributed by atoms with Crippen LogP contribution in [0.3, 0.4) is 0 Å². The predicted molar refractivity (Wildman–Crippen MR) is 185 cm³/mol. The van der Waals surface area contributed by atoms with E-state index in [0.717, 1.165) is 22.5 Å². The van der Waals surface area contributed by atoms with E-state index in [1.54, 1.807) is 41.5 Å². The summed E-state index contributed by atoms with van der Waals surface area (Å²) in [6.45, 7) is 14.3. The van der Waals surface area contributed by atoms with Gasteiger partial charge in [0.25, 0.3) is 11.8 Å². The van der Waals surface area contributed by atoms with Crippen LogP contribution >= 0.6 is 11.3 Å². The molecule has 2 atom stereocenters. The lowest BCUT2D eigenvalue weighted by Gasteiger charge is -2.43. The highest BCUT2D eigenvalue weighted by Crippen LogP contribution is 2.27. The molecule has 1 saturated heterocycles. The van der Waals surface area contributed by atoms with Gasteiger partial charge in [-0.15, -0.1) is 16.4 Å². The average Bonchev–Trinajstić information content (AvgIpc) is 3.63. The number of thiazole rings is 1. The van der Waals surface area contributed by atoms with Crippen LogP contribution in [-0.2, 0) is 52.6 Å². The monoisotopic (exact) mass is 764 g/mol. The highest BCUT2D eigenvalue weighted by Gasteiger charge is 2.54. The van der Waals surface area contributed by atoms with E-state index in [0.29, 0.717) is 5.69 Å². The van der Waals surface area contributed by atoms with Gasteiger partial charge in [0.2, 0.25) is 5.60 Å². The number of carbonyl (C=O) groups excluding carboxylic acids is 4. The Morgan fingerprint density at radius 3 is 2.35 bits per heavy atom. The molecular formula is C31H42N9O10S2+. The lowest BCUT2D eigenvalue weighted by atomic mass is 9.98. The third-order valence-electron chi connectivity index (χ3n) is 7.02. The van der Waals surface area contributed by atoms with Crippen molar-refractivity contribution >= 4 is 56.4 Å². The standard InChI is InChI=1S/C31H41N9O10S2/c1-17-13-38(10)12-11-18(17)19-14-39(37-35-19)15-21-23(25(42)40(21)52(45,46)47)33-24(41)22(36-50-31(8,9)26(43)48-29(2,3)4)20-16-51-27(32-20)34-28(44)49-30(5,6)7/h11-14,16,21,23H,15H2,1-10H3,(H2-,32,33,34,41,44,45,46,47)/p+1/b36-22-/t21-,23+/m1/s1. The number of hydrogen-bond acceptors (Lipinski definition) is 14. The van der Waals surface area contributed by atoms with E-state index in [1.165, 1.54) is 30.1 Å². The number of hydrogen-bond donors (Lipinski definition) is 3. The Balaban J connectivity index is 1.64. The summed E-state index contributed by atoms with van der Waals surface area (Å²) < 4.78 is 48.3. The van der Waals surface area contributed by atoms with Crippen molar-refractivity contribution in [3.63, 3.8) is 0 Å². The summed E-state index contributed by atoms with van der Waals surface area (Å²) in [6, 6.07) is -1.04. The number of anilines is 1. The van der Waals surface area contributed by atoms with Gasteiger partial charge in [-0.05, 0) is 62.3 Å². The first-order chi connectivity index (χ1) is 23.8. The minimum Gasteiger partial charge on any atom is -0.457 e. The number of amides is 3. The van der Waals surface area contributed by atoms with Crippen molar-refractivity contribution in [1.29, 1.82) is 0 Å². The zero-order chi connectivity index (χ0) is 39.0. The molecule has 1 fully saturated rings. The number of nitrogens with one attached hydrogen (secondary N) is 2. The Morgan fingerprint density at radius 1 is 1.10 bits per heavy atom. The molecule has 19 nitrogen and oxygen atoms in total. The van der Waals surface area contributed by atoms with Crippen molar-refractivity contribution in [1.82, 2.24) is 29.6 Å². The summed E-state index contributed by atoms with van der Waals surface area (Å²) in [7, 11) is -3.20. The quantitative estimate of drug-likeness (QED) is 0.0633. The van der Waals surface area contributed by atoms with Gasteiger partial charge in [-0.3, -0.25) is 19.5 Å². The molecule has 0 saturated carbocycles. The molecule has 0 spiro atoms. The first-order valence-electron chi connectivity index (χ1n) is 15.8. The predicted octanol–water partition coefficient (Wildman–Crippen LogP) is 1.92. The minimum absolute atomic E-state index is 0.00990. The highest BCUT2D eigenvalue weighted by molar-refractivity contribution is 7.84. The second-order valence-electron chi connectivity index (χ2n) is 14.4. The maximum Gasteiger partial charge on any atom is 0.413 e. The van der Waals surface area contributed by atoms with Gasteiger partial charge in [0.15, 0.2) is 23.2 Å². The van der Waals surface area contributed by atoms with Crippen LogP contribution < -0.4 is 15.2 Å². The Kier molecular flexibility index (Phi) is 11.1. The van der Waals surface area contributed by atoms with Crippen molar-refractivity contribution in [3.05, 3.63) is 41.3 Å². The largest absolute Gasteiger partial charge is 0.457 e. The van der Waals surface area contributed by atoms with E-state index in [4.69, 9.17) is 14.3 Å². The zero-order valence-electron chi connectivity index (χ0n) is 30.3. The third kappa shape index (κ3) is 9.85. The van der Waals surface area contributed by atoms with Crippen LogP contribution in [0.1, 0.15) is 66.6 Å². The lowest BCUT2D eigenvalue weighted by molar-refractivity contribution is -0.671. The second kappa shape index (κ2) is 14.5. The summed E-state index contributed by atoms with van der Waals surface area (Å²) in [4.78, 5) is 61.9. The number of aromatic nitrogens is 5. The van der Waals surface area contributed by atoms with Crippen molar-refractivity contribution in [2.45, 2.75) is 97.7 Å². The maximum atomic E-state index is 13.8. The van der Waals surface area contributed by atoms with Gasteiger partial charge in [-0.25, -0.2) is 28.1 Å². The summed E-state index contributed by atoms with van der Waals surface area (Å²) >= 11 is 0.906. The molecule has 0 aromatic carbocycles. The van der Waals surface area contributed by atoms with Gasteiger partial charge in [0, 0.05) is 22.6 Å². The Labute approximate surface area is 304 Å². The van der Waals surface area contributed by atoms with Crippen LogP contribution in [-0.4, -0.2) is 95.7 Å². The van der Waals surface area contributed by atoms with Crippen LogP contribution in [0.15, 0.2) is 35.2 Å². The summed E-state index contributed by atoms with van der Waals surface area (Å²) in [5.74, 6) is -3.02. The SMILES string of the molecule is Cc1c[n+](C)ccc1-c1cn(C[C@@H]2[C@H](NC(=O)/C(=N\OC(C)(C)C(=O)OC(C)(C)C)c3csc(NC(=O)OC(C)(C)C)n3)C(=O)N2S(=O)(=O)O)nn1. The van der Waals surface area contributed by atoms with Gasteiger partial charge in [0.1, 0.15) is 35.7 Å². The molecule has 3 N–H and O–H groups in total. The molecule has 282 valence electrons. The normalized spacial score (nSPS) is 16.9. The molecule has 0 unspecified atom stereocenters. The van der Waals surface area contributed by atoms with E-state index in [9.17, 15) is 32.1 Å². The molecule has 1 aliphatic heterocycles. The molecule has 52 heavy (non-hydrogen) atoms. The molecule has 4 heterocycles. The Bertz CT molecular complexity index is 2010. The first-order valence-corrected chi connectivity index (χ1v) is 18.1. The topological polar surface area (TPSA) is 237 Å². The number of rotatable bonds is 11. The minimum atomic E-state index is -5.06. The van der Waals surface area contributed by atoms with Crippen LogP contribution in [0.5, 0.6) is 0 Å². The molecule has 3 aromatic rings. The van der Waals surface area contributed by atoms with Crippen LogP contribution in [0, 0.1) is 6.92 Å². The van der Waals surface area contributed by atoms with Gasteiger partial charge in [-0.1, -0.05) is 10.4 Å². The molecular weight excluding hydrogens is 723 g/mol. The maximum absolute atomic E-state index is 13.8. The highest BCUT2D eigenvalue weighted by atomic mass is 32.2. The van der Waals surface area contributed by atoms with Gasteiger partial charge in [0.05, 0.1) is 18.8 Å². The summed E-state index contributed by atoms with van der Waals surface area (Å²) in [5, 5.41) is 18.4. The molecule has 1 aliphatic rings. The summed E-state index contributed by atoms with van der Waals surface area (Å²) in [5.41, 5.74) is -2.00. The van der Waals surface area contributed by atoms with E-state index in [2.05, 4.69) is 31.1 Å². The van der Waals surface area contributed by atoms with E-state index in [-0.39, 0.29) is 21.7 Å².